The standard InChI is InChI=1S/C20H19N3O5S/c21-20(24)23(17-8-12-19(13-9-17)28-29(22,25)26)16-6-10-18(11-7-16)27-14-15-4-2-1-3-5-15/h1-13H,14H2,(H2,21,24)(H2,22,25,26). The van der Waals surface area contributed by atoms with E-state index < -0.39 is 16.3 Å². The van der Waals surface area contributed by atoms with Crippen molar-refractivity contribution in [3.05, 3.63) is 84.4 Å². The van der Waals surface area contributed by atoms with E-state index in [1.807, 2.05) is 30.3 Å². The first kappa shape index (κ1) is 20.2. The maximum Gasteiger partial charge on any atom is 0.380 e. The minimum Gasteiger partial charge on any atom is -0.489 e. The van der Waals surface area contributed by atoms with E-state index in [2.05, 4.69) is 4.18 Å². The van der Waals surface area contributed by atoms with E-state index >= 15 is 0 Å². The second-order valence-electron chi connectivity index (χ2n) is 6.01. The van der Waals surface area contributed by atoms with Crippen LogP contribution in [0.4, 0.5) is 16.2 Å². The Labute approximate surface area is 168 Å². The third-order valence-corrected chi connectivity index (χ3v) is 4.30. The Bertz CT molecular complexity index is 1070. The summed E-state index contributed by atoms with van der Waals surface area (Å²) in [6, 6.07) is 21.6. The maximum atomic E-state index is 12.0. The highest BCUT2D eigenvalue weighted by atomic mass is 32.2. The van der Waals surface area contributed by atoms with Gasteiger partial charge in [-0.05, 0) is 54.1 Å². The first-order valence-corrected chi connectivity index (χ1v) is 9.97. The van der Waals surface area contributed by atoms with Crippen molar-refractivity contribution in [2.45, 2.75) is 6.61 Å². The Morgan fingerprint density at radius 1 is 0.828 bits per heavy atom. The van der Waals surface area contributed by atoms with Gasteiger partial charge in [0.05, 0.1) is 11.4 Å². The van der Waals surface area contributed by atoms with Gasteiger partial charge in [-0.2, -0.15) is 13.6 Å². The van der Waals surface area contributed by atoms with Gasteiger partial charge in [0.1, 0.15) is 18.1 Å². The molecule has 0 saturated carbocycles. The van der Waals surface area contributed by atoms with Crippen LogP contribution in [0.1, 0.15) is 5.56 Å². The molecule has 0 fully saturated rings. The SMILES string of the molecule is NC(=O)N(c1ccc(OCc2ccccc2)cc1)c1ccc(OS(N)(=O)=O)cc1. The number of hydrogen-bond donors (Lipinski definition) is 2. The van der Waals surface area contributed by atoms with Gasteiger partial charge >= 0.3 is 16.3 Å². The molecule has 8 nitrogen and oxygen atoms in total. The molecule has 0 spiro atoms. The van der Waals surface area contributed by atoms with Crippen LogP contribution in [0.25, 0.3) is 0 Å². The van der Waals surface area contributed by atoms with E-state index in [-0.39, 0.29) is 5.75 Å². The molecular formula is C20H19N3O5S. The summed E-state index contributed by atoms with van der Waals surface area (Å²) < 4.78 is 32.3. The Morgan fingerprint density at radius 2 is 1.34 bits per heavy atom. The summed E-state index contributed by atoms with van der Waals surface area (Å²) in [5.74, 6) is 0.657. The largest absolute Gasteiger partial charge is 0.489 e. The quantitative estimate of drug-likeness (QED) is 0.616. The van der Waals surface area contributed by atoms with Crippen molar-refractivity contribution in [1.82, 2.24) is 0 Å². The number of ether oxygens (including phenoxy) is 1. The summed E-state index contributed by atoms with van der Waals surface area (Å²) >= 11 is 0. The number of primary amides is 1. The summed E-state index contributed by atoms with van der Waals surface area (Å²) in [6.07, 6.45) is 0. The number of benzene rings is 3. The third-order valence-electron chi connectivity index (χ3n) is 3.87. The lowest BCUT2D eigenvalue weighted by Crippen LogP contribution is -2.31. The number of rotatable bonds is 7. The predicted octanol–water partition coefficient (Wildman–Crippen LogP) is 3.06. The van der Waals surface area contributed by atoms with Crippen molar-refractivity contribution < 1.29 is 22.1 Å². The van der Waals surface area contributed by atoms with E-state index in [1.54, 1.807) is 24.3 Å². The van der Waals surface area contributed by atoms with Crippen LogP contribution in [0.15, 0.2) is 78.9 Å². The zero-order valence-electron chi connectivity index (χ0n) is 15.3. The van der Waals surface area contributed by atoms with Gasteiger partial charge in [-0.25, -0.2) is 4.79 Å². The van der Waals surface area contributed by atoms with Gasteiger partial charge in [-0.15, -0.1) is 0 Å². The average molecular weight is 413 g/mol. The number of carbonyl (C=O) groups is 1. The van der Waals surface area contributed by atoms with Gasteiger partial charge in [0, 0.05) is 0 Å². The van der Waals surface area contributed by atoms with Crippen LogP contribution in [-0.2, 0) is 16.9 Å². The Hall–Kier alpha value is -3.56. The highest BCUT2D eigenvalue weighted by Gasteiger charge is 2.16. The Kier molecular flexibility index (Phi) is 6.01. The first-order chi connectivity index (χ1) is 13.8. The molecule has 3 aromatic carbocycles. The lowest BCUT2D eigenvalue weighted by Gasteiger charge is -2.21. The van der Waals surface area contributed by atoms with Crippen molar-refractivity contribution in [3.63, 3.8) is 0 Å². The summed E-state index contributed by atoms with van der Waals surface area (Å²) in [5, 5.41) is 4.83. The molecule has 0 heterocycles. The van der Waals surface area contributed by atoms with E-state index in [1.165, 1.54) is 29.2 Å². The van der Waals surface area contributed by atoms with Crippen LogP contribution in [0.3, 0.4) is 0 Å². The van der Waals surface area contributed by atoms with Crippen LogP contribution >= 0.6 is 0 Å². The average Bonchev–Trinajstić information content (AvgIpc) is 2.68. The molecule has 29 heavy (non-hydrogen) atoms. The number of carbonyl (C=O) groups excluding carboxylic acids is 1. The predicted molar refractivity (Wildman–Crippen MR) is 109 cm³/mol. The fourth-order valence-corrected chi connectivity index (χ4v) is 3.00. The van der Waals surface area contributed by atoms with E-state index in [4.69, 9.17) is 15.6 Å². The number of anilines is 2. The molecule has 2 amide bonds. The van der Waals surface area contributed by atoms with E-state index in [0.717, 1.165) is 5.56 Å². The van der Waals surface area contributed by atoms with Gasteiger partial charge < -0.3 is 14.7 Å². The number of amides is 2. The first-order valence-electron chi connectivity index (χ1n) is 8.50. The second-order valence-corrected chi connectivity index (χ2v) is 7.16. The highest BCUT2D eigenvalue weighted by Crippen LogP contribution is 2.29. The molecule has 0 unspecified atom stereocenters. The fourth-order valence-electron chi connectivity index (χ4n) is 2.62. The van der Waals surface area contributed by atoms with Gasteiger partial charge in [0.25, 0.3) is 0 Å². The molecule has 0 atom stereocenters. The smallest absolute Gasteiger partial charge is 0.380 e. The topological polar surface area (TPSA) is 125 Å². The van der Waals surface area contributed by atoms with Crippen LogP contribution in [-0.4, -0.2) is 14.4 Å². The van der Waals surface area contributed by atoms with Crippen LogP contribution in [0, 0.1) is 0 Å². The zero-order chi connectivity index (χ0) is 20.9. The molecule has 3 aromatic rings. The molecule has 4 N–H and O–H groups in total. The molecule has 0 aliphatic rings. The molecule has 0 aliphatic heterocycles. The minimum absolute atomic E-state index is 0.0188. The molecule has 9 heteroatoms. The van der Waals surface area contributed by atoms with Crippen LogP contribution in [0.2, 0.25) is 0 Å². The second kappa shape index (κ2) is 8.63. The summed E-state index contributed by atoms with van der Waals surface area (Å²) in [7, 11) is -4.13. The third kappa shape index (κ3) is 5.71. The van der Waals surface area contributed by atoms with E-state index in [0.29, 0.717) is 23.7 Å². The molecule has 3 rings (SSSR count). The summed E-state index contributed by atoms with van der Waals surface area (Å²) in [4.78, 5) is 13.2. The zero-order valence-corrected chi connectivity index (χ0v) is 16.1. The minimum atomic E-state index is -4.13. The van der Waals surface area contributed by atoms with Crippen molar-refractivity contribution in [3.8, 4) is 11.5 Å². The summed E-state index contributed by atoms with van der Waals surface area (Å²) in [5.41, 5.74) is 7.51. The summed E-state index contributed by atoms with van der Waals surface area (Å²) in [6.45, 7) is 0.422. The van der Waals surface area contributed by atoms with Crippen molar-refractivity contribution in [2.75, 3.05) is 4.90 Å². The Morgan fingerprint density at radius 3 is 1.83 bits per heavy atom. The normalized spacial score (nSPS) is 10.9. The molecule has 0 saturated heterocycles. The van der Waals surface area contributed by atoms with Gasteiger partial charge in [0.2, 0.25) is 0 Å². The molecular weight excluding hydrogens is 394 g/mol. The lowest BCUT2D eigenvalue weighted by atomic mass is 10.2. The van der Waals surface area contributed by atoms with Crippen molar-refractivity contribution >= 4 is 27.7 Å². The van der Waals surface area contributed by atoms with Crippen molar-refractivity contribution in [1.29, 1.82) is 0 Å². The number of nitrogens with two attached hydrogens (primary N) is 2. The van der Waals surface area contributed by atoms with Crippen molar-refractivity contribution in [2.24, 2.45) is 10.9 Å². The van der Waals surface area contributed by atoms with Crippen LogP contribution in [0.5, 0.6) is 11.5 Å². The van der Waals surface area contributed by atoms with Gasteiger partial charge in [-0.3, -0.25) is 4.90 Å². The molecule has 0 bridgehead atoms. The molecule has 0 aromatic heterocycles. The molecule has 0 radical (unpaired) electrons. The fraction of sp³-hybridized carbons (Fsp3) is 0.0500. The van der Waals surface area contributed by atoms with Gasteiger partial charge in [0.15, 0.2) is 0 Å². The number of urea groups is 1. The monoisotopic (exact) mass is 413 g/mol. The van der Waals surface area contributed by atoms with Crippen LogP contribution < -0.4 is 24.7 Å². The van der Waals surface area contributed by atoms with E-state index in [9.17, 15) is 13.2 Å². The molecule has 0 aliphatic carbocycles. The highest BCUT2D eigenvalue weighted by molar-refractivity contribution is 7.84. The molecule has 150 valence electrons. The lowest BCUT2D eigenvalue weighted by molar-refractivity contribution is 0.256. The van der Waals surface area contributed by atoms with Gasteiger partial charge in [-0.1, -0.05) is 30.3 Å². The number of hydrogen-bond acceptors (Lipinski definition) is 5. The maximum absolute atomic E-state index is 12.0. The Balaban J connectivity index is 1.74. The number of nitrogens with zero attached hydrogens (tertiary/aromatic N) is 1.